The van der Waals surface area contributed by atoms with Crippen LogP contribution in [0, 0.1) is 0 Å². The molecule has 0 saturated carbocycles. The Hall–Kier alpha value is -1.03. The summed E-state index contributed by atoms with van der Waals surface area (Å²) in [6.45, 7) is 0. The van der Waals surface area contributed by atoms with E-state index >= 15 is 0 Å². The third-order valence-corrected chi connectivity index (χ3v) is 2.51. The van der Waals surface area contributed by atoms with Gasteiger partial charge in [0.25, 0.3) is 0 Å². The summed E-state index contributed by atoms with van der Waals surface area (Å²) in [7, 11) is 1.70. The molecule has 0 aromatic heterocycles. The first-order valence-electron chi connectivity index (χ1n) is 5.29. The van der Waals surface area contributed by atoms with Gasteiger partial charge < -0.3 is 5.32 Å². The highest BCUT2D eigenvalue weighted by atomic mass is 19.4. The zero-order valence-electron chi connectivity index (χ0n) is 9.22. The second-order valence-corrected chi connectivity index (χ2v) is 3.83. The molecule has 0 bridgehead atoms. The van der Waals surface area contributed by atoms with Crippen molar-refractivity contribution in [1.29, 1.82) is 0 Å². The maximum absolute atomic E-state index is 12.1. The molecule has 4 heteroatoms. The van der Waals surface area contributed by atoms with Crippen LogP contribution >= 0.6 is 0 Å². The Morgan fingerprint density at radius 1 is 1.19 bits per heavy atom. The van der Waals surface area contributed by atoms with Gasteiger partial charge in [-0.3, -0.25) is 0 Å². The van der Waals surface area contributed by atoms with Crippen molar-refractivity contribution in [3.8, 4) is 0 Å². The molecule has 1 rings (SSSR count). The number of nitrogens with one attached hydrogen (secondary N) is 1. The van der Waals surface area contributed by atoms with Gasteiger partial charge >= 0.3 is 6.18 Å². The number of hydrogen-bond donors (Lipinski definition) is 1. The van der Waals surface area contributed by atoms with Crippen molar-refractivity contribution in [3.05, 3.63) is 35.9 Å². The Kier molecular flexibility index (Phi) is 4.80. The van der Waals surface area contributed by atoms with Gasteiger partial charge in [-0.05, 0) is 25.5 Å². The molecule has 1 N–H and O–H groups in total. The lowest BCUT2D eigenvalue weighted by Crippen LogP contribution is -2.29. The Morgan fingerprint density at radius 3 is 2.31 bits per heavy atom. The van der Waals surface area contributed by atoms with Gasteiger partial charge in [0, 0.05) is 12.5 Å². The van der Waals surface area contributed by atoms with Crippen LogP contribution in [0.15, 0.2) is 30.3 Å². The minimum Gasteiger partial charge on any atom is -0.317 e. The molecule has 0 aliphatic carbocycles. The third-order valence-electron chi connectivity index (χ3n) is 2.51. The molecule has 16 heavy (non-hydrogen) atoms. The van der Waals surface area contributed by atoms with Crippen molar-refractivity contribution in [2.45, 2.75) is 31.5 Å². The molecule has 0 fully saturated rings. The smallest absolute Gasteiger partial charge is 0.317 e. The van der Waals surface area contributed by atoms with E-state index in [4.69, 9.17) is 0 Å². The van der Waals surface area contributed by atoms with Crippen LogP contribution in [-0.2, 0) is 6.42 Å². The van der Waals surface area contributed by atoms with E-state index < -0.39 is 12.6 Å². The molecule has 0 saturated heterocycles. The predicted molar refractivity (Wildman–Crippen MR) is 58.3 cm³/mol. The molecular weight excluding hydrogens is 215 g/mol. The second-order valence-electron chi connectivity index (χ2n) is 3.83. The van der Waals surface area contributed by atoms with Crippen molar-refractivity contribution >= 4 is 0 Å². The van der Waals surface area contributed by atoms with E-state index in [0.29, 0.717) is 6.42 Å². The molecule has 0 aliphatic heterocycles. The minimum atomic E-state index is -4.06. The molecule has 1 nitrogen and oxygen atoms in total. The Bertz CT molecular complexity index is 295. The minimum absolute atomic E-state index is 0.120. The van der Waals surface area contributed by atoms with Crippen LogP contribution in [0.25, 0.3) is 0 Å². The lowest BCUT2D eigenvalue weighted by Gasteiger charge is -2.17. The lowest BCUT2D eigenvalue weighted by molar-refractivity contribution is -0.136. The third kappa shape index (κ3) is 5.16. The van der Waals surface area contributed by atoms with Crippen molar-refractivity contribution in [2.24, 2.45) is 0 Å². The highest BCUT2D eigenvalue weighted by molar-refractivity contribution is 5.15. The summed E-state index contributed by atoms with van der Waals surface area (Å²) in [5, 5.41) is 2.92. The van der Waals surface area contributed by atoms with Gasteiger partial charge in [-0.2, -0.15) is 13.2 Å². The summed E-state index contributed by atoms with van der Waals surface area (Å²) in [5.41, 5.74) is 1.06. The summed E-state index contributed by atoms with van der Waals surface area (Å²) < 4.78 is 36.2. The lowest BCUT2D eigenvalue weighted by atomic mass is 10.0. The van der Waals surface area contributed by atoms with E-state index in [-0.39, 0.29) is 12.5 Å². The fraction of sp³-hybridized carbons (Fsp3) is 0.500. The number of rotatable bonds is 5. The van der Waals surface area contributed by atoms with E-state index in [9.17, 15) is 13.2 Å². The van der Waals surface area contributed by atoms with E-state index in [1.54, 1.807) is 7.05 Å². The van der Waals surface area contributed by atoms with E-state index in [1.807, 2.05) is 30.3 Å². The van der Waals surface area contributed by atoms with E-state index in [0.717, 1.165) is 5.56 Å². The average molecular weight is 231 g/mol. The van der Waals surface area contributed by atoms with E-state index in [1.165, 1.54) is 0 Å². The monoisotopic (exact) mass is 231 g/mol. The Labute approximate surface area is 93.7 Å². The highest BCUT2D eigenvalue weighted by Crippen LogP contribution is 2.23. The summed E-state index contributed by atoms with van der Waals surface area (Å²) in [4.78, 5) is 0. The van der Waals surface area contributed by atoms with Gasteiger partial charge in [0.05, 0.1) is 0 Å². The molecule has 0 aliphatic rings. The van der Waals surface area contributed by atoms with Crippen LogP contribution in [-0.4, -0.2) is 19.3 Å². The molecule has 90 valence electrons. The first-order chi connectivity index (χ1) is 7.51. The van der Waals surface area contributed by atoms with Gasteiger partial charge in [-0.15, -0.1) is 0 Å². The molecule has 0 amide bonds. The number of benzene rings is 1. The Morgan fingerprint density at radius 2 is 1.81 bits per heavy atom. The molecule has 1 atom stereocenters. The molecule has 0 radical (unpaired) electrons. The molecule has 1 unspecified atom stereocenters. The normalized spacial score (nSPS) is 13.8. The standard InChI is InChI=1S/C12H16F3N/c1-16-11(7-8-12(13,14)15)9-10-5-3-2-4-6-10/h2-6,11,16H,7-9H2,1H3. The van der Waals surface area contributed by atoms with Crippen LogP contribution in [0.4, 0.5) is 13.2 Å². The average Bonchev–Trinajstić information content (AvgIpc) is 2.24. The summed E-state index contributed by atoms with van der Waals surface area (Å²) >= 11 is 0. The second kappa shape index (κ2) is 5.89. The van der Waals surface area contributed by atoms with Crippen molar-refractivity contribution in [1.82, 2.24) is 5.32 Å². The Balaban J connectivity index is 2.44. The van der Waals surface area contributed by atoms with Gasteiger partial charge in [-0.1, -0.05) is 30.3 Å². The largest absolute Gasteiger partial charge is 0.389 e. The van der Waals surface area contributed by atoms with Gasteiger partial charge in [0.2, 0.25) is 0 Å². The number of halogens is 3. The molecule has 0 heterocycles. The van der Waals surface area contributed by atoms with E-state index in [2.05, 4.69) is 5.32 Å². The summed E-state index contributed by atoms with van der Waals surface area (Å²) in [6.07, 6.45) is -4.04. The van der Waals surface area contributed by atoms with Crippen LogP contribution in [0.1, 0.15) is 18.4 Å². The first-order valence-corrected chi connectivity index (χ1v) is 5.29. The zero-order valence-corrected chi connectivity index (χ0v) is 9.22. The summed E-state index contributed by atoms with van der Waals surface area (Å²) in [5.74, 6) is 0. The molecule has 0 spiro atoms. The van der Waals surface area contributed by atoms with Gasteiger partial charge in [-0.25, -0.2) is 0 Å². The molecule has 1 aromatic carbocycles. The van der Waals surface area contributed by atoms with Crippen LogP contribution in [0.3, 0.4) is 0 Å². The van der Waals surface area contributed by atoms with Gasteiger partial charge in [0.1, 0.15) is 0 Å². The van der Waals surface area contributed by atoms with Crippen molar-refractivity contribution in [2.75, 3.05) is 7.05 Å². The maximum Gasteiger partial charge on any atom is 0.389 e. The SMILES string of the molecule is CNC(CCC(F)(F)F)Cc1ccccc1. The fourth-order valence-corrected chi connectivity index (χ4v) is 1.58. The predicted octanol–water partition coefficient (Wildman–Crippen LogP) is 3.16. The van der Waals surface area contributed by atoms with Crippen molar-refractivity contribution in [3.63, 3.8) is 0 Å². The maximum atomic E-state index is 12.1. The van der Waals surface area contributed by atoms with Crippen molar-refractivity contribution < 1.29 is 13.2 Å². The van der Waals surface area contributed by atoms with Crippen LogP contribution in [0.5, 0.6) is 0 Å². The van der Waals surface area contributed by atoms with Gasteiger partial charge in [0.15, 0.2) is 0 Å². The zero-order chi connectivity index (χ0) is 12.0. The van der Waals surface area contributed by atoms with Crippen LogP contribution in [0.2, 0.25) is 0 Å². The quantitative estimate of drug-likeness (QED) is 0.820. The molecular formula is C12H16F3N. The molecule has 1 aromatic rings. The number of alkyl halides is 3. The number of hydrogen-bond acceptors (Lipinski definition) is 1. The van der Waals surface area contributed by atoms with Crippen LogP contribution < -0.4 is 5.32 Å². The first kappa shape index (κ1) is 13.0. The highest BCUT2D eigenvalue weighted by Gasteiger charge is 2.27. The number of likely N-dealkylation sites (N-methyl/N-ethyl adjacent to an activating group) is 1. The fourth-order valence-electron chi connectivity index (χ4n) is 1.58. The topological polar surface area (TPSA) is 12.0 Å². The summed E-state index contributed by atoms with van der Waals surface area (Å²) in [6, 6.07) is 9.42.